The van der Waals surface area contributed by atoms with E-state index in [-0.39, 0.29) is 16.2 Å². The predicted molar refractivity (Wildman–Crippen MR) is 290 cm³/mol. The molecule has 0 aliphatic heterocycles. The maximum Gasteiger partial charge on any atom is 0.139 e. The van der Waals surface area contributed by atoms with E-state index in [9.17, 15) is 0 Å². The zero-order chi connectivity index (χ0) is 47.0. The van der Waals surface area contributed by atoms with Crippen LogP contribution in [-0.4, -0.2) is 0 Å². The Kier molecular flexibility index (Phi) is 10.5. The number of anilines is 6. The monoisotopic (exact) mass is 884 g/mol. The summed E-state index contributed by atoms with van der Waals surface area (Å²) in [7, 11) is 0. The molecule has 10 aromatic rings. The third-order valence-electron chi connectivity index (χ3n) is 14.4. The van der Waals surface area contributed by atoms with Crippen molar-refractivity contribution in [2.75, 3.05) is 9.80 Å². The zero-order valence-electron chi connectivity index (χ0n) is 40.7. The van der Waals surface area contributed by atoms with Gasteiger partial charge in [0.2, 0.25) is 0 Å². The highest BCUT2D eigenvalue weighted by Crippen LogP contribution is 2.52. The number of nitrogens with zero attached hydrogens (tertiary/aromatic N) is 2. The first kappa shape index (κ1) is 43.2. The molecule has 0 unspecified atom stereocenters. The van der Waals surface area contributed by atoms with Gasteiger partial charge in [0.15, 0.2) is 0 Å². The van der Waals surface area contributed by atoms with Gasteiger partial charge in [-0.15, -0.1) is 0 Å². The van der Waals surface area contributed by atoms with Gasteiger partial charge in [-0.05, 0) is 158 Å². The molecule has 0 atom stereocenters. The van der Waals surface area contributed by atoms with Crippen molar-refractivity contribution in [1.82, 2.24) is 0 Å². The molecule has 0 spiro atoms. The topological polar surface area (TPSA) is 19.6 Å². The van der Waals surface area contributed by atoms with Gasteiger partial charge >= 0.3 is 0 Å². The van der Waals surface area contributed by atoms with Gasteiger partial charge in [-0.3, -0.25) is 0 Å². The van der Waals surface area contributed by atoms with Gasteiger partial charge in [-0.2, -0.15) is 0 Å². The van der Waals surface area contributed by atoms with Crippen LogP contribution in [0.25, 0.3) is 55.0 Å². The van der Waals surface area contributed by atoms with E-state index in [0.29, 0.717) is 0 Å². The molecule has 1 aliphatic rings. The van der Waals surface area contributed by atoms with Crippen molar-refractivity contribution < 1.29 is 4.42 Å². The number of benzene rings is 9. The molecule has 1 heterocycles. The number of furan rings is 1. The molecule has 1 aliphatic carbocycles. The van der Waals surface area contributed by atoms with Crippen LogP contribution in [0.5, 0.6) is 0 Å². The van der Waals surface area contributed by atoms with Crippen molar-refractivity contribution in [3.63, 3.8) is 0 Å². The highest BCUT2D eigenvalue weighted by Gasteiger charge is 2.35. The molecule has 0 radical (unpaired) electrons. The van der Waals surface area contributed by atoms with Crippen molar-refractivity contribution in [2.24, 2.45) is 0 Å². The normalized spacial score (nSPS) is 13.6. The summed E-state index contributed by atoms with van der Waals surface area (Å²) in [5.41, 5.74) is 18.8. The highest BCUT2D eigenvalue weighted by molar-refractivity contribution is 6.15. The molecule has 336 valence electrons. The standard InChI is InChI=1S/C65H60N2O/c1-63(2,3)48-26-30-50(31-27-48)66(52-23-15-21-45(39-52)43-17-11-9-12-18-43)54-34-36-59-56(42-54)57-41-47-25-35-58(55-37-38-65(7,8)61(60(47)55)62(57)68-59)67(51-32-28-49(29-33-51)64(4,5)6)53-24-16-22-46(40-53)44-19-13-10-14-20-44/h9-36,39-42H,37-38H2,1-8H3. The molecule has 0 saturated carbocycles. The first-order valence-electron chi connectivity index (χ1n) is 24.3. The van der Waals surface area contributed by atoms with Gasteiger partial charge in [0.05, 0.1) is 0 Å². The molecule has 0 bridgehead atoms. The Morgan fingerprint density at radius 2 is 0.941 bits per heavy atom. The van der Waals surface area contributed by atoms with Crippen molar-refractivity contribution >= 4 is 66.8 Å². The fourth-order valence-electron chi connectivity index (χ4n) is 10.6. The van der Waals surface area contributed by atoms with Crippen LogP contribution in [0.15, 0.2) is 199 Å². The van der Waals surface area contributed by atoms with Gasteiger partial charge in [0, 0.05) is 50.5 Å². The summed E-state index contributed by atoms with van der Waals surface area (Å²) in [4.78, 5) is 4.88. The Balaban J connectivity index is 1.10. The number of hydrogen-bond donors (Lipinski definition) is 0. The van der Waals surface area contributed by atoms with E-state index in [1.165, 1.54) is 61.0 Å². The van der Waals surface area contributed by atoms with Crippen LogP contribution in [0.4, 0.5) is 34.1 Å². The Bertz CT molecular complexity index is 3480. The van der Waals surface area contributed by atoms with Crippen molar-refractivity contribution in [3.8, 4) is 22.3 Å². The Morgan fingerprint density at radius 3 is 1.50 bits per heavy atom. The van der Waals surface area contributed by atoms with Gasteiger partial charge in [0.1, 0.15) is 11.2 Å². The minimum absolute atomic E-state index is 0.0477. The van der Waals surface area contributed by atoms with E-state index < -0.39 is 0 Å². The summed E-state index contributed by atoms with van der Waals surface area (Å²) in [5, 5.41) is 4.85. The van der Waals surface area contributed by atoms with Crippen LogP contribution >= 0.6 is 0 Å². The molecule has 3 nitrogen and oxygen atoms in total. The molecule has 0 saturated heterocycles. The number of fused-ring (bicyclic) bond motifs is 4. The quantitative estimate of drug-likeness (QED) is 0.152. The van der Waals surface area contributed by atoms with Crippen molar-refractivity contribution in [3.05, 3.63) is 216 Å². The van der Waals surface area contributed by atoms with E-state index in [1.807, 2.05) is 0 Å². The zero-order valence-corrected chi connectivity index (χ0v) is 40.7. The first-order chi connectivity index (χ1) is 32.7. The van der Waals surface area contributed by atoms with Crippen molar-refractivity contribution in [2.45, 2.75) is 84.5 Å². The summed E-state index contributed by atoms with van der Waals surface area (Å²) in [6, 6.07) is 71.5. The van der Waals surface area contributed by atoms with Crippen LogP contribution in [0, 0.1) is 0 Å². The minimum atomic E-state index is -0.120. The predicted octanol–water partition coefficient (Wildman–Crippen LogP) is 18.8. The van der Waals surface area contributed by atoms with Crippen LogP contribution < -0.4 is 9.80 Å². The second kappa shape index (κ2) is 16.5. The summed E-state index contributed by atoms with van der Waals surface area (Å²) in [5.74, 6) is 0. The summed E-state index contributed by atoms with van der Waals surface area (Å²) in [6.45, 7) is 18.5. The van der Waals surface area contributed by atoms with E-state index in [0.717, 1.165) is 63.2 Å². The molecule has 0 amide bonds. The highest BCUT2D eigenvalue weighted by atomic mass is 16.3. The lowest BCUT2D eigenvalue weighted by molar-refractivity contribution is 0.471. The molecule has 11 rings (SSSR count). The van der Waals surface area contributed by atoms with Gasteiger partial charge in [-0.1, -0.05) is 171 Å². The average Bonchev–Trinajstić information content (AvgIpc) is 3.71. The van der Waals surface area contributed by atoms with E-state index in [4.69, 9.17) is 4.42 Å². The van der Waals surface area contributed by atoms with E-state index in [1.54, 1.807) is 0 Å². The fourth-order valence-corrected chi connectivity index (χ4v) is 10.6. The number of hydrogen-bond acceptors (Lipinski definition) is 3. The number of rotatable bonds is 8. The van der Waals surface area contributed by atoms with Gasteiger partial charge in [-0.25, -0.2) is 0 Å². The number of aryl methyl sites for hydroxylation is 1. The molecule has 68 heavy (non-hydrogen) atoms. The second-order valence-electron chi connectivity index (χ2n) is 21.6. The lowest BCUT2D eigenvalue weighted by Crippen LogP contribution is -2.24. The van der Waals surface area contributed by atoms with Crippen LogP contribution in [-0.2, 0) is 22.7 Å². The van der Waals surface area contributed by atoms with E-state index in [2.05, 4.69) is 259 Å². The molecular weight excluding hydrogens is 825 g/mol. The molecule has 0 fully saturated rings. The second-order valence-corrected chi connectivity index (χ2v) is 21.6. The van der Waals surface area contributed by atoms with Gasteiger partial charge < -0.3 is 14.2 Å². The summed E-state index contributed by atoms with van der Waals surface area (Å²) < 4.78 is 7.13. The van der Waals surface area contributed by atoms with E-state index >= 15 is 0 Å². The van der Waals surface area contributed by atoms with Crippen LogP contribution in [0.1, 0.15) is 84.1 Å². The first-order valence-corrected chi connectivity index (χ1v) is 24.3. The summed E-state index contributed by atoms with van der Waals surface area (Å²) >= 11 is 0. The smallest absolute Gasteiger partial charge is 0.139 e. The molecule has 9 aromatic carbocycles. The molecular formula is C65H60N2O. The molecule has 3 heteroatoms. The lowest BCUT2D eigenvalue weighted by Gasteiger charge is -2.36. The summed E-state index contributed by atoms with van der Waals surface area (Å²) in [6.07, 6.45) is 1.97. The Hall–Kier alpha value is -7.36. The largest absolute Gasteiger partial charge is 0.456 e. The average molecular weight is 885 g/mol. The van der Waals surface area contributed by atoms with Crippen LogP contribution in [0.3, 0.4) is 0 Å². The van der Waals surface area contributed by atoms with Crippen molar-refractivity contribution in [1.29, 1.82) is 0 Å². The molecule has 1 aromatic heterocycles. The maximum atomic E-state index is 7.13. The SMILES string of the molecule is CC(C)(C)c1ccc(N(c2cccc(-c3ccccc3)c2)c2ccc3oc4c5c6c(c(N(c7ccc(C(C)(C)C)cc7)c7cccc(-c8ccccc8)c7)ccc6cc4c3c2)CCC5(C)C)cc1. The minimum Gasteiger partial charge on any atom is -0.456 e. The lowest BCUT2D eigenvalue weighted by atomic mass is 9.71. The fraction of sp³-hybridized carbons (Fsp3) is 0.200. The Labute approximate surface area is 402 Å². The third-order valence-corrected chi connectivity index (χ3v) is 14.4. The van der Waals surface area contributed by atoms with Crippen LogP contribution in [0.2, 0.25) is 0 Å². The molecule has 0 N–H and O–H groups in total. The Morgan fingerprint density at radius 1 is 0.441 bits per heavy atom. The van der Waals surface area contributed by atoms with Gasteiger partial charge in [0.25, 0.3) is 0 Å². The third kappa shape index (κ3) is 7.74. The maximum absolute atomic E-state index is 7.13.